The minimum Gasteiger partial charge on any atom is -0.396 e. The predicted octanol–water partition coefficient (Wildman–Crippen LogP) is 1.33. The highest BCUT2D eigenvalue weighted by atomic mass is 16.3. The number of carbonyl (C=O) groups is 2. The lowest BCUT2D eigenvalue weighted by atomic mass is 9.86. The van der Waals surface area contributed by atoms with Crippen LogP contribution in [-0.4, -0.2) is 36.6 Å². The van der Waals surface area contributed by atoms with E-state index in [1.807, 2.05) is 0 Å². The summed E-state index contributed by atoms with van der Waals surface area (Å²) in [6, 6.07) is 6.86. The third-order valence-electron chi connectivity index (χ3n) is 4.05. The standard InChI is InChI=1S/C16H22N2O3/c1-17-15(20)12-3-2-4-13(9-12)16(21)18-14-7-5-11(10-19)6-8-14/h2-4,9,11,14,19H,5-8,10H2,1H3,(H,17,20)(H,18,21). The molecule has 0 radical (unpaired) electrons. The quantitative estimate of drug-likeness (QED) is 0.782. The van der Waals surface area contributed by atoms with Crippen LogP contribution in [0.4, 0.5) is 0 Å². The highest BCUT2D eigenvalue weighted by Crippen LogP contribution is 2.23. The van der Waals surface area contributed by atoms with Crippen LogP contribution in [0.5, 0.6) is 0 Å². The van der Waals surface area contributed by atoms with Crippen LogP contribution in [0.3, 0.4) is 0 Å². The normalized spacial score (nSPS) is 21.6. The first-order chi connectivity index (χ1) is 10.1. The van der Waals surface area contributed by atoms with Crippen LogP contribution in [0.1, 0.15) is 46.4 Å². The van der Waals surface area contributed by atoms with Gasteiger partial charge in [-0.25, -0.2) is 0 Å². The molecule has 0 heterocycles. The molecule has 1 aromatic rings. The van der Waals surface area contributed by atoms with Crippen LogP contribution in [0.15, 0.2) is 24.3 Å². The molecule has 114 valence electrons. The molecule has 0 aliphatic heterocycles. The number of hydrogen-bond acceptors (Lipinski definition) is 3. The summed E-state index contributed by atoms with van der Waals surface area (Å²) in [6.07, 6.45) is 3.68. The molecule has 3 N–H and O–H groups in total. The van der Waals surface area contributed by atoms with E-state index in [1.54, 1.807) is 31.3 Å². The molecule has 1 fully saturated rings. The Balaban J connectivity index is 1.96. The van der Waals surface area contributed by atoms with E-state index >= 15 is 0 Å². The van der Waals surface area contributed by atoms with E-state index < -0.39 is 0 Å². The Morgan fingerprint density at radius 3 is 2.33 bits per heavy atom. The van der Waals surface area contributed by atoms with Crippen molar-refractivity contribution in [3.8, 4) is 0 Å². The largest absolute Gasteiger partial charge is 0.396 e. The molecule has 1 aromatic carbocycles. The minimum atomic E-state index is -0.201. The first-order valence-corrected chi connectivity index (χ1v) is 7.38. The van der Waals surface area contributed by atoms with Crippen molar-refractivity contribution in [3.63, 3.8) is 0 Å². The molecule has 21 heavy (non-hydrogen) atoms. The molecule has 0 aromatic heterocycles. The molecule has 1 aliphatic carbocycles. The highest BCUT2D eigenvalue weighted by Gasteiger charge is 2.22. The van der Waals surface area contributed by atoms with E-state index in [-0.39, 0.29) is 24.5 Å². The van der Waals surface area contributed by atoms with Crippen molar-refractivity contribution in [2.24, 2.45) is 5.92 Å². The molecule has 1 saturated carbocycles. The van der Waals surface area contributed by atoms with Crippen LogP contribution in [-0.2, 0) is 0 Å². The Bertz CT molecular complexity index is 508. The number of aliphatic hydroxyl groups is 1. The van der Waals surface area contributed by atoms with Crippen LogP contribution in [0.25, 0.3) is 0 Å². The molecule has 1 aliphatic rings. The van der Waals surface area contributed by atoms with Crippen LogP contribution < -0.4 is 10.6 Å². The van der Waals surface area contributed by atoms with Gasteiger partial charge in [-0.3, -0.25) is 9.59 Å². The number of aliphatic hydroxyl groups excluding tert-OH is 1. The average molecular weight is 290 g/mol. The monoisotopic (exact) mass is 290 g/mol. The lowest BCUT2D eigenvalue weighted by Gasteiger charge is -2.28. The second-order valence-corrected chi connectivity index (χ2v) is 5.53. The zero-order valence-corrected chi connectivity index (χ0v) is 12.3. The van der Waals surface area contributed by atoms with Crippen molar-refractivity contribution in [1.29, 1.82) is 0 Å². The van der Waals surface area contributed by atoms with E-state index in [4.69, 9.17) is 5.11 Å². The Morgan fingerprint density at radius 1 is 1.14 bits per heavy atom. The van der Waals surface area contributed by atoms with Gasteiger partial charge in [0.15, 0.2) is 0 Å². The molecular weight excluding hydrogens is 268 g/mol. The summed E-state index contributed by atoms with van der Waals surface area (Å²) in [5.74, 6) is 0.0241. The lowest BCUT2D eigenvalue weighted by Crippen LogP contribution is -2.38. The summed E-state index contributed by atoms with van der Waals surface area (Å²) in [5.41, 5.74) is 0.981. The Kier molecular flexibility index (Phi) is 5.33. The van der Waals surface area contributed by atoms with Gasteiger partial charge in [-0.15, -0.1) is 0 Å². The fourth-order valence-corrected chi connectivity index (χ4v) is 2.70. The van der Waals surface area contributed by atoms with Gasteiger partial charge in [-0.2, -0.15) is 0 Å². The molecule has 2 amide bonds. The first kappa shape index (κ1) is 15.5. The number of carbonyl (C=O) groups excluding carboxylic acids is 2. The summed E-state index contributed by atoms with van der Waals surface area (Å²) in [7, 11) is 1.56. The van der Waals surface area contributed by atoms with Gasteiger partial charge < -0.3 is 15.7 Å². The second-order valence-electron chi connectivity index (χ2n) is 5.53. The molecule has 0 bridgehead atoms. The molecule has 0 spiro atoms. The summed E-state index contributed by atoms with van der Waals surface area (Å²) >= 11 is 0. The Labute approximate surface area is 124 Å². The molecule has 5 heteroatoms. The number of nitrogens with one attached hydrogen (secondary N) is 2. The Morgan fingerprint density at radius 2 is 1.76 bits per heavy atom. The van der Waals surface area contributed by atoms with E-state index in [2.05, 4.69) is 10.6 Å². The van der Waals surface area contributed by atoms with E-state index in [9.17, 15) is 9.59 Å². The molecule has 0 unspecified atom stereocenters. The molecule has 0 atom stereocenters. The Hall–Kier alpha value is -1.88. The third-order valence-corrected chi connectivity index (χ3v) is 4.05. The summed E-state index contributed by atoms with van der Waals surface area (Å²) < 4.78 is 0. The third kappa shape index (κ3) is 4.04. The number of amides is 2. The van der Waals surface area contributed by atoms with E-state index in [0.29, 0.717) is 17.0 Å². The lowest BCUT2D eigenvalue weighted by molar-refractivity contribution is 0.0914. The summed E-state index contributed by atoms with van der Waals surface area (Å²) in [5, 5.41) is 14.7. The van der Waals surface area contributed by atoms with E-state index in [1.165, 1.54) is 0 Å². The van der Waals surface area contributed by atoms with Crippen molar-refractivity contribution < 1.29 is 14.7 Å². The van der Waals surface area contributed by atoms with Gasteiger partial charge in [0, 0.05) is 30.8 Å². The van der Waals surface area contributed by atoms with Gasteiger partial charge in [0.1, 0.15) is 0 Å². The first-order valence-electron chi connectivity index (χ1n) is 7.38. The maximum Gasteiger partial charge on any atom is 0.251 e. The van der Waals surface area contributed by atoms with Gasteiger partial charge in [0.2, 0.25) is 0 Å². The average Bonchev–Trinajstić information content (AvgIpc) is 2.55. The van der Waals surface area contributed by atoms with Crippen LogP contribution >= 0.6 is 0 Å². The minimum absolute atomic E-state index is 0.145. The number of benzene rings is 1. The van der Waals surface area contributed by atoms with Crippen molar-refractivity contribution in [1.82, 2.24) is 10.6 Å². The fourth-order valence-electron chi connectivity index (χ4n) is 2.70. The maximum absolute atomic E-state index is 12.2. The summed E-state index contributed by atoms with van der Waals surface area (Å²) in [6.45, 7) is 0.231. The molecule has 2 rings (SSSR count). The SMILES string of the molecule is CNC(=O)c1cccc(C(=O)NC2CCC(CO)CC2)c1. The zero-order chi connectivity index (χ0) is 15.2. The topological polar surface area (TPSA) is 78.4 Å². The van der Waals surface area contributed by atoms with Gasteiger partial charge in [-0.1, -0.05) is 6.07 Å². The maximum atomic E-state index is 12.2. The molecular formula is C16H22N2O3. The van der Waals surface area contributed by atoms with Gasteiger partial charge in [-0.05, 0) is 49.8 Å². The van der Waals surface area contributed by atoms with E-state index in [0.717, 1.165) is 25.7 Å². The van der Waals surface area contributed by atoms with Crippen molar-refractivity contribution >= 4 is 11.8 Å². The fraction of sp³-hybridized carbons (Fsp3) is 0.500. The van der Waals surface area contributed by atoms with Gasteiger partial charge in [0.25, 0.3) is 11.8 Å². The zero-order valence-electron chi connectivity index (χ0n) is 12.3. The number of rotatable bonds is 4. The van der Waals surface area contributed by atoms with Crippen molar-refractivity contribution in [2.45, 2.75) is 31.7 Å². The second kappa shape index (κ2) is 7.22. The van der Waals surface area contributed by atoms with Crippen molar-refractivity contribution in [2.75, 3.05) is 13.7 Å². The smallest absolute Gasteiger partial charge is 0.251 e. The van der Waals surface area contributed by atoms with Crippen LogP contribution in [0, 0.1) is 5.92 Å². The van der Waals surface area contributed by atoms with Crippen LogP contribution in [0.2, 0.25) is 0 Å². The highest BCUT2D eigenvalue weighted by molar-refractivity contribution is 5.99. The van der Waals surface area contributed by atoms with Gasteiger partial charge in [0.05, 0.1) is 0 Å². The summed E-state index contributed by atoms with van der Waals surface area (Å²) in [4.78, 5) is 23.8. The predicted molar refractivity (Wildman–Crippen MR) is 80.1 cm³/mol. The molecule has 0 saturated heterocycles. The van der Waals surface area contributed by atoms with Crippen molar-refractivity contribution in [3.05, 3.63) is 35.4 Å². The van der Waals surface area contributed by atoms with Gasteiger partial charge >= 0.3 is 0 Å². The molecule has 5 nitrogen and oxygen atoms in total. The number of hydrogen-bond donors (Lipinski definition) is 3.